The lowest BCUT2D eigenvalue weighted by atomic mass is 10.2. The fourth-order valence-corrected chi connectivity index (χ4v) is 2.34. The highest BCUT2D eigenvalue weighted by atomic mass is 16.5. The van der Waals surface area contributed by atoms with Crippen molar-refractivity contribution in [3.63, 3.8) is 0 Å². The topological polar surface area (TPSA) is 65.4 Å². The maximum Gasteiger partial charge on any atom is 0.249 e. The van der Waals surface area contributed by atoms with Gasteiger partial charge in [0.2, 0.25) is 5.91 Å². The van der Waals surface area contributed by atoms with Gasteiger partial charge >= 0.3 is 0 Å². The molecule has 0 radical (unpaired) electrons. The quantitative estimate of drug-likeness (QED) is 0.738. The summed E-state index contributed by atoms with van der Waals surface area (Å²) in [4.78, 5) is 12.2. The van der Waals surface area contributed by atoms with Gasteiger partial charge in [0.05, 0.1) is 26.0 Å². The molecule has 2 aromatic rings. The number of methoxy groups -OCH3 is 1. The SMILES string of the molecule is CCOc1ccc(C=CC(=O)Nc2ccnn2C(C)CC)cc1OC. The molecule has 0 saturated carbocycles. The van der Waals surface area contributed by atoms with Crippen LogP contribution in [0.3, 0.4) is 0 Å². The third kappa shape index (κ3) is 4.86. The molecule has 6 heteroatoms. The Morgan fingerprint density at radius 1 is 1.32 bits per heavy atom. The zero-order valence-electron chi connectivity index (χ0n) is 15.2. The second-order valence-corrected chi connectivity index (χ2v) is 5.58. The van der Waals surface area contributed by atoms with Crippen LogP contribution in [0.5, 0.6) is 11.5 Å². The van der Waals surface area contributed by atoms with Crippen LogP contribution in [0.4, 0.5) is 5.82 Å². The van der Waals surface area contributed by atoms with Gasteiger partial charge in [-0.1, -0.05) is 13.0 Å². The van der Waals surface area contributed by atoms with Gasteiger partial charge in [-0.3, -0.25) is 4.79 Å². The van der Waals surface area contributed by atoms with Crippen molar-refractivity contribution >= 4 is 17.8 Å². The van der Waals surface area contributed by atoms with E-state index in [0.717, 1.165) is 12.0 Å². The molecule has 0 bridgehead atoms. The Morgan fingerprint density at radius 2 is 2.12 bits per heavy atom. The van der Waals surface area contributed by atoms with Crippen molar-refractivity contribution in [2.45, 2.75) is 33.2 Å². The van der Waals surface area contributed by atoms with Crippen LogP contribution in [0.2, 0.25) is 0 Å². The van der Waals surface area contributed by atoms with Gasteiger partial charge in [0.1, 0.15) is 5.82 Å². The first-order valence-electron chi connectivity index (χ1n) is 8.42. The van der Waals surface area contributed by atoms with Crippen molar-refractivity contribution in [1.82, 2.24) is 9.78 Å². The number of amides is 1. The summed E-state index contributed by atoms with van der Waals surface area (Å²) in [6.45, 7) is 6.63. The first-order valence-corrected chi connectivity index (χ1v) is 8.42. The number of rotatable bonds is 8. The van der Waals surface area contributed by atoms with Gasteiger partial charge in [-0.25, -0.2) is 4.68 Å². The minimum Gasteiger partial charge on any atom is -0.493 e. The molecule has 0 aliphatic heterocycles. The number of hydrogen-bond acceptors (Lipinski definition) is 4. The van der Waals surface area contributed by atoms with Crippen molar-refractivity contribution in [3.05, 3.63) is 42.1 Å². The Kier molecular flexibility index (Phi) is 6.62. The highest BCUT2D eigenvalue weighted by molar-refractivity contribution is 6.01. The molecule has 0 spiro atoms. The lowest BCUT2D eigenvalue weighted by Crippen LogP contribution is -2.15. The molecule has 1 aromatic heterocycles. The Labute approximate surface area is 148 Å². The van der Waals surface area contributed by atoms with Crippen molar-refractivity contribution < 1.29 is 14.3 Å². The van der Waals surface area contributed by atoms with Crippen molar-refractivity contribution in [3.8, 4) is 11.5 Å². The zero-order chi connectivity index (χ0) is 18.2. The van der Waals surface area contributed by atoms with Crippen LogP contribution in [0.25, 0.3) is 6.08 Å². The maximum absolute atomic E-state index is 12.2. The summed E-state index contributed by atoms with van der Waals surface area (Å²) in [5, 5.41) is 7.11. The monoisotopic (exact) mass is 343 g/mol. The summed E-state index contributed by atoms with van der Waals surface area (Å²) in [6.07, 6.45) is 5.84. The van der Waals surface area contributed by atoms with Crippen LogP contribution in [-0.2, 0) is 4.79 Å². The summed E-state index contributed by atoms with van der Waals surface area (Å²) >= 11 is 0. The van der Waals surface area contributed by atoms with E-state index >= 15 is 0 Å². The lowest BCUT2D eigenvalue weighted by molar-refractivity contribution is -0.111. The first kappa shape index (κ1) is 18.6. The number of benzene rings is 1. The van der Waals surface area contributed by atoms with Gasteiger partial charge in [0.15, 0.2) is 11.5 Å². The highest BCUT2D eigenvalue weighted by Crippen LogP contribution is 2.28. The normalized spacial score (nSPS) is 12.2. The highest BCUT2D eigenvalue weighted by Gasteiger charge is 2.10. The molecule has 6 nitrogen and oxygen atoms in total. The second kappa shape index (κ2) is 8.92. The molecule has 134 valence electrons. The van der Waals surface area contributed by atoms with Crippen LogP contribution in [0.1, 0.15) is 38.8 Å². The molecule has 0 fully saturated rings. The van der Waals surface area contributed by atoms with E-state index in [1.165, 1.54) is 6.08 Å². The lowest BCUT2D eigenvalue weighted by Gasteiger charge is -2.13. The van der Waals surface area contributed by atoms with Gasteiger partial charge in [-0.2, -0.15) is 5.10 Å². The minimum absolute atomic E-state index is 0.210. The summed E-state index contributed by atoms with van der Waals surface area (Å²) < 4.78 is 12.6. The van der Waals surface area contributed by atoms with E-state index in [2.05, 4.69) is 24.3 Å². The maximum atomic E-state index is 12.2. The van der Waals surface area contributed by atoms with E-state index < -0.39 is 0 Å². The van der Waals surface area contributed by atoms with E-state index in [1.54, 1.807) is 25.4 Å². The van der Waals surface area contributed by atoms with Crippen molar-refractivity contribution in [2.24, 2.45) is 0 Å². The number of carbonyl (C=O) groups is 1. The summed E-state index contributed by atoms with van der Waals surface area (Å²) in [6, 6.07) is 7.55. The average Bonchev–Trinajstić information content (AvgIpc) is 3.08. The molecule has 0 aliphatic carbocycles. The Bertz CT molecular complexity index is 737. The Balaban J connectivity index is 2.07. The molecule has 2 rings (SSSR count). The molecule has 1 amide bonds. The number of nitrogens with one attached hydrogen (secondary N) is 1. The number of nitrogens with zero attached hydrogens (tertiary/aromatic N) is 2. The molecule has 1 unspecified atom stereocenters. The molecule has 0 saturated heterocycles. The van der Waals surface area contributed by atoms with Gasteiger partial charge in [-0.05, 0) is 44.0 Å². The minimum atomic E-state index is -0.210. The van der Waals surface area contributed by atoms with Gasteiger partial charge in [-0.15, -0.1) is 0 Å². The third-order valence-corrected chi connectivity index (χ3v) is 3.84. The summed E-state index contributed by atoms with van der Waals surface area (Å²) in [7, 11) is 1.59. The fraction of sp³-hybridized carbons (Fsp3) is 0.368. The summed E-state index contributed by atoms with van der Waals surface area (Å²) in [5.74, 6) is 1.80. The van der Waals surface area contributed by atoms with Gasteiger partial charge in [0, 0.05) is 12.1 Å². The van der Waals surface area contributed by atoms with E-state index in [-0.39, 0.29) is 11.9 Å². The number of hydrogen-bond donors (Lipinski definition) is 1. The smallest absolute Gasteiger partial charge is 0.249 e. The van der Waals surface area contributed by atoms with Crippen LogP contribution in [0.15, 0.2) is 36.5 Å². The van der Waals surface area contributed by atoms with Crippen molar-refractivity contribution in [1.29, 1.82) is 0 Å². The van der Waals surface area contributed by atoms with Crippen LogP contribution >= 0.6 is 0 Å². The molecule has 25 heavy (non-hydrogen) atoms. The van der Waals surface area contributed by atoms with E-state index in [1.807, 2.05) is 29.8 Å². The second-order valence-electron chi connectivity index (χ2n) is 5.58. The summed E-state index contributed by atoms with van der Waals surface area (Å²) in [5.41, 5.74) is 0.853. The largest absolute Gasteiger partial charge is 0.493 e. The predicted molar refractivity (Wildman–Crippen MR) is 99.1 cm³/mol. The molecule has 1 heterocycles. The van der Waals surface area contributed by atoms with Gasteiger partial charge in [0.25, 0.3) is 0 Å². The number of carbonyl (C=O) groups excluding carboxylic acids is 1. The standard InChI is InChI=1S/C19H25N3O3/c1-5-14(3)22-18(11-12-20-22)21-19(23)10-8-15-7-9-16(25-6-2)17(13-15)24-4/h7-14H,5-6H2,1-4H3,(H,21,23). The fourth-order valence-electron chi connectivity index (χ4n) is 2.34. The number of anilines is 1. The Morgan fingerprint density at radius 3 is 2.80 bits per heavy atom. The molecular formula is C19H25N3O3. The van der Waals surface area contributed by atoms with Crippen LogP contribution in [-0.4, -0.2) is 29.4 Å². The first-order chi connectivity index (χ1) is 12.1. The number of ether oxygens (including phenoxy) is 2. The van der Waals surface area contributed by atoms with Gasteiger partial charge < -0.3 is 14.8 Å². The third-order valence-electron chi connectivity index (χ3n) is 3.84. The molecule has 0 aliphatic rings. The predicted octanol–water partition coefficient (Wildman–Crippen LogP) is 3.91. The molecule has 1 aromatic carbocycles. The van der Waals surface area contributed by atoms with Crippen LogP contribution < -0.4 is 14.8 Å². The van der Waals surface area contributed by atoms with E-state index in [9.17, 15) is 4.79 Å². The van der Waals surface area contributed by atoms with E-state index in [0.29, 0.717) is 23.9 Å². The van der Waals surface area contributed by atoms with Crippen molar-refractivity contribution in [2.75, 3.05) is 19.0 Å². The molecule has 1 atom stereocenters. The van der Waals surface area contributed by atoms with E-state index in [4.69, 9.17) is 9.47 Å². The average molecular weight is 343 g/mol. The Hall–Kier alpha value is -2.76. The zero-order valence-corrected chi connectivity index (χ0v) is 15.2. The number of aromatic nitrogens is 2. The van der Waals surface area contributed by atoms with Crippen LogP contribution in [0, 0.1) is 0 Å². The molecule has 1 N–H and O–H groups in total. The molecular weight excluding hydrogens is 318 g/mol.